The summed E-state index contributed by atoms with van der Waals surface area (Å²) in [5.74, 6) is 0.585. The van der Waals surface area contributed by atoms with Gasteiger partial charge in [-0.05, 0) is 58.1 Å². The van der Waals surface area contributed by atoms with Crippen molar-refractivity contribution in [2.45, 2.75) is 70.6 Å². The van der Waals surface area contributed by atoms with Crippen LogP contribution in [0.2, 0.25) is 0 Å². The highest BCUT2D eigenvalue weighted by Crippen LogP contribution is 2.36. The average Bonchev–Trinajstić information content (AvgIpc) is 3.12. The summed E-state index contributed by atoms with van der Waals surface area (Å²) in [4.78, 5) is 12.0. The zero-order chi connectivity index (χ0) is 18.1. The van der Waals surface area contributed by atoms with Gasteiger partial charge in [-0.25, -0.2) is 0 Å². The molecule has 1 saturated heterocycles. The first-order chi connectivity index (χ1) is 11.8. The van der Waals surface area contributed by atoms with Crippen molar-refractivity contribution in [1.82, 2.24) is 5.32 Å². The Kier molecular flexibility index (Phi) is 5.12. The van der Waals surface area contributed by atoms with Crippen LogP contribution in [0.3, 0.4) is 0 Å². The summed E-state index contributed by atoms with van der Waals surface area (Å²) in [6, 6.07) is 7.88. The number of amides is 1. The van der Waals surface area contributed by atoms with Crippen LogP contribution in [0, 0.1) is 0 Å². The van der Waals surface area contributed by atoms with Crippen LogP contribution in [0.5, 0.6) is 5.75 Å². The van der Waals surface area contributed by atoms with E-state index in [1.165, 1.54) is 12.8 Å². The van der Waals surface area contributed by atoms with Crippen LogP contribution in [0.25, 0.3) is 0 Å². The predicted molar refractivity (Wildman–Crippen MR) is 98.1 cm³/mol. The van der Waals surface area contributed by atoms with Crippen LogP contribution in [0.4, 0.5) is 0 Å². The molecule has 1 aliphatic heterocycles. The fourth-order valence-electron chi connectivity index (χ4n) is 3.22. The van der Waals surface area contributed by atoms with Crippen LogP contribution >= 0.6 is 0 Å². The number of nitrogens with one attached hydrogen (secondary N) is 1. The van der Waals surface area contributed by atoms with Crippen molar-refractivity contribution >= 4 is 18.5 Å². The third-order valence-corrected chi connectivity index (χ3v) is 5.47. The second kappa shape index (κ2) is 7.00. The molecule has 2 fully saturated rings. The van der Waals surface area contributed by atoms with Crippen LogP contribution in [0.1, 0.15) is 53.4 Å². The van der Waals surface area contributed by atoms with E-state index in [-0.39, 0.29) is 23.7 Å². The molecule has 1 aromatic rings. The molecule has 0 spiro atoms. The summed E-state index contributed by atoms with van der Waals surface area (Å²) in [6.07, 6.45) is 4.54. The Morgan fingerprint density at radius 3 is 2.48 bits per heavy atom. The van der Waals surface area contributed by atoms with Crippen molar-refractivity contribution in [3.8, 4) is 5.75 Å². The molecule has 0 bridgehead atoms. The molecule has 5 nitrogen and oxygen atoms in total. The largest absolute Gasteiger partial charge is 0.494 e. The third-order valence-electron chi connectivity index (χ3n) is 5.47. The van der Waals surface area contributed by atoms with E-state index in [0.717, 1.165) is 18.3 Å². The lowest BCUT2D eigenvalue weighted by atomic mass is 9.79. The van der Waals surface area contributed by atoms with E-state index in [9.17, 15) is 4.79 Å². The van der Waals surface area contributed by atoms with E-state index in [2.05, 4.69) is 5.32 Å². The van der Waals surface area contributed by atoms with Gasteiger partial charge in [0.2, 0.25) is 0 Å². The fraction of sp³-hybridized carbons (Fsp3) is 0.632. The fourth-order valence-corrected chi connectivity index (χ4v) is 3.22. The second-order valence-electron chi connectivity index (χ2n) is 8.00. The maximum atomic E-state index is 12.0. The number of benzene rings is 1. The number of hydrogen-bond acceptors (Lipinski definition) is 4. The summed E-state index contributed by atoms with van der Waals surface area (Å²) >= 11 is 0. The van der Waals surface area contributed by atoms with Gasteiger partial charge in [-0.1, -0.05) is 25.0 Å². The smallest absolute Gasteiger partial charge is 0.484 e. The van der Waals surface area contributed by atoms with Crippen molar-refractivity contribution in [1.29, 1.82) is 0 Å². The first-order valence-electron chi connectivity index (χ1n) is 9.15. The van der Waals surface area contributed by atoms with Crippen molar-refractivity contribution in [2.75, 3.05) is 6.61 Å². The van der Waals surface area contributed by atoms with Crippen molar-refractivity contribution in [3.63, 3.8) is 0 Å². The standard InChI is InChI=1S/C19H28BNO4/c1-18(2)19(3,4)25-20(24-18)14-8-7-11-16(12-14)23-13-17(22)21-15-9-5-6-10-15/h7-8,11-12,15H,5-6,9-10,13H2,1-4H3,(H,21,22). The van der Waals surface area contributed by atoms with Crippen molar-refractivity contribution < 1.29 is 18.8 Å². The SMILES string of the molecule is CC1(C)OB(c2cccc(OCC(=O)NC3CCCC3)c2)OC1(C)C. The molecule has 1 N–H and O–H groups in total. The van der Waals surface area contributed by atoms with Crippen LogP contribution in [0.15, 0.2) is 24.3 Å². The van der Waals surface area contributed by atoms with Crippen molar-refractivity contribution in [3.05, 3.63) is 24.3 Å². The number of carbonyl (C=O) groups excluding carboxylic acids is 1. The molecule has 1 amide bonds. The molecular formula is C19H28BNO4. The Morgan fingerprint density at radius 1 is 1.20 bits per heavy atom. The lowest BCUT2D eigenvalue weighted by Crippen LogP contribution is -2.41. The van der Waals surface area contributed by atoms with Gasteiger partial charge in [0.05, 0.1) is 11.2 Å². The highest BCUT2D eigenvalue weighted by Gasteiger charge is 2.51. The second-order valence-corrected chi connectivity index (χ2v) is 8.00. The summed E-state index contributed by atoms with van der Waals surface area (Å²) in [7, 11) is -0.430. The van der Waals surface area contributed by atoms with E-state index in [1.54, 1.807) is 0 Å². The monoisotopic (exact) mass is 345 g/mol. The molecule has 1 aliphatic carbocycles. The molecule has 1 saturated carbocycles. The van der Waals surface area contributed by atoms with Crippen LogP contribution in [-0.4, -0.2) is 36.9 Å². The number of carbonyl (C=O) groups is 1. The summed E-state index contributed by atoms with van der Waals surface area (Å²) in [6.45, 7) is 8.15. The van der Waals surface area contributed by atoms with Crippen LogP contribution < -0.4 is 15.5 Å². The van der Waals surface area contributed by atoms with E-state index < -0.39 is 7.12 Å². The van der Waals surface area contributed by atoms with E-state index in [0.29, 0.717) is 11.8 Å². The Morgan fingerprint density at radius 2 is 1.84 bits per heavy atom. The summed E-state index contributed by atoms with van der Waals surface area (Å²) in [5, 5.41) is 3.03. The minimum Gasteiger partial charge on any atom is -0.484 e. The molecule has 0 atom stereocenters. The highest BCUT2D eigenvalue weighted by atomic mass is 16.7. The lowest BCUT2D eigenvalue weighted by molar-refractivity contribution is -0.123. The Bertz CT molecular complexity index is 610. The van der Waals surface area contributed by atoms with Gasteiger partial charge in [0.25, 0.3) is 5.91 Å². The van der Waals surface area contributed by atoms with Gasteiger partial charge in [0, 0.05) is 6.04 Å². The normalized spacial score (nSPS) is 22.2. The maximum Gasteiger partial charge on any atom is 0.494 e. The molecule has 0 aromatic heterocycles. The van der Waals surface area contributed by atoms with Crippen molar-refractivity contribution in [2.24, 2.45) is 0 Å². The Hall–Kier alpha value is -1.53. The van der Waals surface area contributed by atoms with Gasteiger partial charge in [-0.3, -0.25) is 4.79 Å². The van der Waals surface area contributed by atoms with E-state index in [1.807, 2.05) is 52.0 Å². The molecule has 2 aliphatic rings. The number of rotatable bonds is 5. The zero-order valence-corrected chi connectivity index (χ0v) is 15.6. The average molecular weight is 345 g/mol. The Labute approximate surface area is 150 Å². The first-order valence-corrected chi connectivity index (χ1v) is 9.15. The molecule has 3 rings (SSSR count). The Balaban J connectivity index is 1.57. The molecule has 0 radical (unpaired) electrons. The molecule has 25 heavy (non-hydrogen) atoms. The number of ether oxygens (including phenoxy) is 1. The summed E-state index contributed by atoms with van der Waals surface area (Å²) < 4.78 is 17.8. The molecule has 0 unspecified atom stereocenters. The van der Waals surface area contributed by atoms with Gasteiger partial charge in [-0.15, -0.1) is 0 Å². The maximum absolute atomic E-state index is 12.0. The topological polar surface area (TPSA) is 56.8 Å². The minimum atomic E-state index is -0.430. The van der Waals surface area contributed by atoms with Gasteiger partial charge in [0.15, 0.2) is 6.61 Å². The third kappa shape index (κ3) is 4.18. The molecular weight excluding hydrogens is 317 g/mol. The van der Waals surface area contributed by atoms with E-state index in [4.69, 9.17) is 14.0 Å². The molecule has 1 aromatic carbocycles. The lowest BCUT2D eigenvalue weighted by Gasteiger charge is -2.32. The minimum absolute atomic E-state index is 0.0311. The number of hydrogen-bond donors (Lipinski definition) is 1. The first kappa shape index (κ1) is 18.3. The zero-order valence-electron chi connectivity index (χ0n) is 15.6. The van der Waals surface area contributed by atoms with Gasteiger partial charge >= 0.3 is 7.12 Å². The molecule has 6 heteroatoms. The van der Waals surface area contributed by atoms with Gasteiger partial charge < -0.3 is 19.4 Å². The van der Waals surface area contributed by atoms with Gasteiger partial charge in [0.1, 0.15) is 5.75 Å². The molecule has 1 heterocycles. The predicted octanol–water partition coefficient (Wildman–Crippen LogP) is 2.42. The molecule has 136 valence electrons. The van der Waals surface area contributed by atoms with Crippen LogP contribution in [-0.2, 0) is 14.1 Å². The van der Waals surface area contributed by atoms with Gasteiger partial charge in [-0.2, -0.15) is 0 Å². The van der Waals surface area contributed by atoms with E-state index >= 15 is 0 Å². The highest BCUT2D eigenvalue weighted by molar-refractivity contribution is 6.62. The summed E-state index contributed by atoms with van der Waals surface area (Å²) in [5.41, 5.74) is 0.137. The quantitative estimate of drug-likeness (QED) is 0.833.